The number of carbonyl (C=O) groups is 1. The van der Waals surface area contributed by atoms with E-state index in [-0.39, 0.29) is 18.8 Å². The van der Waals surface area contributed by atoms with E-state index in [1.807, 2.05) is 13.0 Å². The van der Waals surface area contributed by atoms with Crippen molar-refractivity contribution >= 4 is 11.8 Å². The predicted molar refractivity (Wildman–Crippen MR) is 128 cm³/mol. The lowest BCUT2D eigenvalue weighted by molar-refractivity contribution is -0.154. The number of unbranched alkanes of at least 4 members (excludes halogenated alkanes) is 1. The number of ether oxygens (including phenoxy) is 1. The summed E-state index contributed by atoms with van der Waals surface area (Å²) in [6.45, 7) is 3.46. The van der Waals surface area contributed by atoms with Gasteiger partial charge in [0.2, 0.25) is 11.4 Å². The molecule has 1 aromatic heterocycles. The maximum absolute atomic E-state index is 12.5. The smallest absolute Gasteiger partial charge is 0.389 e. The number of rotatable bonds is 14. The Labute approximate surface area is 206 Å². The second-order valence-electron chi connectivity index (χ2n) is 8.85. The Balaban J connectivity index is 1.92. The minimum absolute atomic E-state index is 0.0941. The molecule has 2 rings (SSSR count). The summed E-state index contributed by atoms with van der Waals surface area (Å²) >= 11 is 0. The number of aliphatic carboxylic acids is 1. The van der Waals surface area contributed by atoms with Crippen molar-refractivity contribution in [2.24, 2.45) is 7.05 Å². The van der Waals surface area contributed by atoms with Crippen molar-refractivity contribution < 1.29 is 27.8 Å². The van der Waals surface area contributed by atoms with Gasteiger partial charge in [-0.25, -0.2) is 14.3 Å². The van der Waals surface area contributed by atoms with Crippen molar-refractivity contribution in [2.75, 3.05) is 11.9 Å². The fourth-order valence-corrected chi connectivity index (χ4v) is 3.73. The Hall–Kier alpha value is -3.31. The highest BCUT2D eigenvalue weighted by atomic mass is 19.4. The van der Waals surface area contributed by atoms with Crippen LogP contribution < -0.4 is 21.3 Å². The minimum atomic E-state index is -4.36. The van der Waals surface area contributed by atoms with Crippen LogP contribution in [0.4, 0.5) is 19.0 Å². The first-order chi connectivity index (χ1) is 16.9. The molecule has 12 heteroatoms. The Kier molecular flexibility index (Phi) is 10.1. The van der Waals surface area contributed by atoms with Crippen molar-refractivity contribution in [2.45, 2.75) is 77.1 Å². The van der Waals surface area contributed by atoms with Gasteiger partial charge >= 0.3 is 17.8 Å². The quantitative estimate of drug-likeness (QED) is 0.369. The zero-order valence-electron chi connectivity index (χ0n) is 20.7. The summed E-state index contributed by atoms with van der Waals surface area (Å²) in [7, 11) is 1.33. The number of nitrogens with one attached hydrogen (secondary N) is 1. The van der Waals surface area contributed by atoms with Gasteiger partial charge in [-0.05, 0) is 56.7 Å². The summed E-state index contributed by atoms with van der Waals surface area (Å²) in [4.78, 5) is 36.3. The van der Waals surface area contributed by atoms with E-state index < -0.39 is 35.4 Å². The van der Waals surface area contributed by atoms with E-state index >= 15 is 0 Å². The van der Waals surface area contributed by atoms with Gasteiger partial charge in [0.25, 0.3) is 5.56 Å². The number of aromatic nitrogens is 3. The van der Waals surface area contributed by atoms with Gasteiger partial charge in [-0.2, -0.15) is 13.2 Å². The number of benzene rings is 1. The Morgan fingerprint density at radius 1 is 1.17 bits per heavy atom. The molecule has 1 aromatic carbocycles. The lowest BCUT2D eigenvalue weighted by atomic mass is 10.0. The lowest BCUT2D eigenvalue weighted by Gasteiger charge is -2.26. The lowest BCUT2D eigenvalue weighted by Crippen LogP contribution is -2.42. The van der Waals surface area contributed by atoms with Gasteiger partial charge in [-0.1, -0.05) is 25.5 Å². The Morgan fingerprint density at radius 3 is 2.53 bits per heavy atom. The second-order valence-corrected chi connectivity index (χ2v) is 8.85. The first-order valence-electron chi connectivity index (χ1n) is 11.9. The van der Waals surface area contributed by atoms with Crippen LogP contribution >= 0.6 is 0 Å². The van der Waals surface area contributed by atoms with Crippen LogP contribution in [-0.2, 0) is 24.8 Å². The van der Waals surface area contributed by atoms with E-state index in [4.69, 9.17) is 4.74 Å². The summed E-state index contributed by atoms with van der Waals surface area (Å²) in [5.41, 5.74) is -1.87. The van der Waals surface area contributed by atoms with Crippen molar-refractivity contribution in [3.8, 4) is 5.75 Å². The third-order valence-corrected chi connectivity index (χ3v) is 5.65. The number of hydrogen-bond donors (Lipinski definition) is 2. The van der Waals surface area contributed by atoms with Gasteiger partial charge in [0.15, 0.2) is 0 Å². The molecular weight excluding hydrogens is 481 g/mol. The van der Waals surface area contributed by atoms with Gasteiger partial charge in [-0.3, -0.25) is 9.36 Å². The van der Waals surface area contributed by atoms with Gasteiger partial charge < -0.3 is 15.2 Å². The van der Waals surface area contributed by atoms with Gasteiger partial charge in [0.05, 0.1) is 0 Å². The molecule has 0 aliphatic heterocycles. The monoisotopic (exact) mass is 514 g/mol. The molecule has 9 nitrogen and oxygen atoms in total. The highest BCUT2D eigenvalue weighted by Gasteiger charge is 2.34. The van der Waals surface area contributed by atoms with E-state index in [9.17, 15) is 32.7 Å². The zero-order valence-corrected chi connectivity index (χ0v) is 20.7. The molecule has 0 aliphatic rings. The average Bonchev–Trinajstić information content (AvgIpc) is 2.78. The molecule has 0 aliphatic carbocycles. The SMILES string of the molecule is CCCC(C)(Oc1cccc(CCCCNc2nn(C)c(=O)n(CCCC(F)(F)F)c2=O)c1)C(=O)O. The number of halogens is 3. The molecule has 36 heavy (non-hydrogen) atoms. The van der Waals surface area contributed by atoms with E-state index in [2.05, 4.69) is 10.4 Å². The molecule has 0 spiro atoms. The van der Waals surface area contributed by atoms with Gasteiger partial charge in [-0.15, -0.1) is 5.10 Å². The third kappa shape index (κ3) is 8.42. The summed E-state index contributed by atoms with van der Waals surface area (Å²) in [6, 6.07) is 7.23. The van der Waals surface area contributed by atoms with E-state index in [1.54, 1.807) is 25.1 Å². The molecule has 0 saturated carbocycles. The standard InChI is InChI=1S/C24H33F3N4O5/c1-4-12-23(2,21(33)34)36-18-11-7-10-17(16-18)9-5-6-14-28-19-20(32)31(22(35)30(3)29-19)15-8-13-24(25,26)27/h7,10-11,16H,4-6,8-9,12-15H2,1-3H3,(H,28,29)(H,33,34). The number of anilines is 1. The first-order valence-corrected chi connectivity index (χ1v) is 11.9. The molecule has 0 saturated heterocycles. The number of nitrogens with zero attached hydrogens (tertiary/aromatic N) is 3. The van der Waals surface area contributed by atoms with Crippen molar-refractivity contribution in [1.82, 2.24) is 14.3 Å². The summed E-state index contributed by atoms with van der Waals surface area (Å²) < 4.78 is 44.7. The number of alkyl halides is 3. The highest BCUT2D eigenvalue weighted by Crippen LogP contribution is 2.25. The van der Waals surface area contributed by atoms with Crippen LogP contribution in [0.1, 0.15) is 57.9 Å². The van der Waals surface area contributed by atoms with Gasteiger partial charge in [0, 0.05) is 26.6 Å². The van der Waals surface area contributed by atoms with E-state index in [1.165, 1.54) is 7.05 Å². The van der Waals surface area contributed by atoms with E-state index in [0.717, 1.165) is 21.2 Å². The fraction of sp³-hybridized carbons (Fsp3) is 0.583. The minimum Gasteiger partial charge on any atom is -0.478 e. The van der Waals surface area contributed by atoms with E-state index in [0.29, 0.717) is 38.0 Å². The number of carboxylic acids is 1. The van der Waals surface area contributed by atoms with Crippen LogP contribution in [0.5, 0.6) is 5.75 Å². The maximum atomic E-state index is 12.5. The predicted octanol–water partition coefficient (Wildman–Crippen LogP) is 3.74. The van der Waals surface area contributed by atoms with Crippen LogP contribution in [0.15, 0.2) is 33.9 Å². The van der Waals surface area contributed by atoms with Crippen molar-refractivity contribution in [3.63, 3.8) is 0 Å². The Bertz CT molecular complexity index is 1150. The van der Waals surface area contributed by atoms with Crippen LogP contribution in [0.3, 0.4) is 0 Å². The van der Waals surface area contributed by atoms with Gasteiger partial charge in [0.1, 0.15) is 5.75 Å². The molecule has 1 heterocycles. The second kappa shape index (κ2) is 12.6. The molecule has 2 N–H and O–H groups in total. The fourth-order valence-electron chi connectivity index (χ4n) is 3.73. The summed E-state index contributed by atoms with van der Waals surface area (Å²) in [5.74, 6) is -0.639. The molecule has 2 aromatic rings. The normalized spacial score (nSPS) is 13.3. The molecule has 0 radical (unpaired) electrons. The number of hydrogen-bond acceptors (Lipinski definition) is 6. The van der Waals surface area contributed by atoms with Crippen LogP contribution in [-0.4, -0.2) is 43.7 Å². The number of aryl methyl sites for hydroxylation is 2. The van der Waals surface area contributed by atoms with Crippen LogP contribution in [0, 0.1) is 0 Å². The Morgan fingerprint density at radius 2 is 1.89 bits per heavy atom. The topological polar surface area (TPSA) is 115 Å². The molecule has 0 bridgehead atoms. The summed E-state index contributed by atoms with van der Waals surface area (Å²) in [6.07, 6.45) is -2.74. The van der Waals surface area contributed by atoms with Crippen LogP contribution in [0.2, 0.25) is 0 Å². The third-order valence-electron chi connectivity index (χ3n) is 5.65. The van der Waals surface area contributed by atoms with Crippen LogP contribution in [0.25, 0.3) is 0 Å². The van der Waals surface area contributed by atoms with Crippen molar-refractivity contribution in [1.29, 1.82) is 0 Å². The molecular formula is C24H33F3N4O5. The summed E-state index contributed by atoms with van der Waals surface area (Å²) in [5, 5.41) is 16.3. The number of carboxylic acid groups (broad SMARTS) is 1. The largest absolute Gasteiger partial charge is 0.478 e. The molecule has 0 amide bonds. The maximum Gasteiger partial charge on any atom is 0.389 e. The molecule has 1 unspecified atom stereocenters. The zero-order chi connectivity index (χ0) is 26.9. The highest BCUT2D eigenvalue weighted by molar-refractivity contribution is 5.77. The molecule has 1 atom stereocenters. The first kappa shape index (κ1) is 28.9. The molecule has 200 valence electrons. The average molecular weight is 515 g/mol. The van der Waals surface area contributed by atoms with Crippen molar-refractivity contribution in [3.05, 3.63) is 50.7 Å². The molecule has 0 fully saturated rings.